The Kier molecular flexibility index (Phi) is 8.02. The molecule has 1 unspecified atom stereocenters. The number of H-pyrrole nitrogens is 1. The van der Waals surface area contributed by atoms with E-state index in [1.807, 2.05) is 73.7 Å². The highest BCUT2D eigenvalue weighted by atomic mass is 16.7. The molecule has 4 rings (SSSR count). The van der Waals surface area contributed by atoms with Gasteiger partial charge in [-0.15, -0.1) is 0 Å². The van der Waals surface area contributed by atoms with Crippen LogP contribution in [0.4, 0.5) is 0 Å². The van der Waals surface area contributed by atoms with Gasteiger partial charge in [-0.05, 0) is 54.7 Å². The summed E-state index contributed by atoms with van der Waals surface area (Å²) in [6.45, 7) is 3.56. The first-order valence-corrected chi connectivity index (χ1v) is 12.0. The summed E-state index contributed by atoms with van der Waals surface area (Å²) in [5, 5.41) is 10.3. The van der Waals surface area contributed by atoms with Gasteiger partial charge in [-0.2, -0.15) is 0 Å². The quantitative estimate of drug-likeness (QED) is 0.257. The van der Waals surface area contributed by atoms with E-state index in [4.69, 9.17) is 15.2 Å². The van der Waals surface area contributed by atoms with E-state index in [9.17, 15) is 9.90 Å². The van der Waals surface area contributed by atoms with Crippen molar-refractivity contribution < 1.29 is 19.4 Å². The Labute approximate surface area is 210 Å². The van der Waals surface area contributed by atoms with Gasteiger partial charge in [-0.25, -0.2) is 4.98 Å². The van der Waals surface area contributed by atoms with Gasteiger partial charge in [0.1, 0.15) is 23.0 Å². The number of nitrogens with one attached hydrogen (secondary N) is 1. The highest BCUT2D eigenvalue weighted by molar-refractivity contribution is 5.90. The van der Waals surface area contributed by atoms with Crippen molar-refractivity contribution in [1.29, 1.82) is 0 Å². The fraction of sp³-hybridized carbons (Fsp3) is 0.241. The standard InChI is InChI=1S/C29H31N3O4/c1-19(33)25(29-31-18-26(32-29)28(30)34)17-14-23-10-6-7-11-27(23)36-20(2)35-24-15-12-22(13-16-24)21-8-4-3-5-9-21/h3-13,15-16,18-20,25,33H,14,17H2,1-2H3,(H2,30,34)(H,31,32)/t19-,20?,25-/m0/s1. The van der Waals surface area contributed by atoms with Crippen molar-refractivity contribution in [2.45, 2.75) is 45.0 Å². The topological polar surface area (TPSA) is 110 Å². The number of aliphatic hydroxyl groups excluding tert-OH is 1. The highest BCUT2D eigenvalue weighted by Gasteiger charge is 2.22. The van der Waals surface area contributed by atoms with Crippen LogP contribution in [0.2, 0.25) is 0 Å². The normalized spacial score (nSPS) is 13.5. The molecule has 0 aliphatic carbocycles. The van der Waals surface area contributed by atoms with Crippen LogP contribution >= 0.6 is 0 Å². The molecule has 1 amide bonds. The van der Waals surface area contributed by atoms with Crippen LogP contribution in [-0.4, -0.2) is 33.4 Å². The van der Waals surface area contributed by atoms with E-state index in [2.05, 4.69) is 22.1 Å². The van der Waals surface area contributed by atoms with E-state index in [-0.39, 0.29) is 11.6 Å². The molecule has 7 nitrogen and oxygen atoms in total. The molecule has 36 heavy (non-hydrogen) atoms. The van der Waals surface area contributed by atoms with E-state index in [0.717, 1.165) is 22.4 Å². The van der Waals surface area contributed by atoms with Crippen molar-refractivity contribution in [3.63, 3.8) is 0 Å². The van der Waals surface area contributed by atoms with Crippen LogP contribution in [0, 0.1) is 0 Å². The molecule has 0 saturated heterocycles. The smallest absolute Gasteiger partial charge is 0.266 e. The average Bonchev–Trinajstić information content (AvgIpc) is 3.36. The molecule has 0 aliphatic rings. The molecule has 0 aliphatic heterocycles. The van der Waals surface area contributed by atoms with Gasteiger partial charge in [0.15, 0.2) is 0 Å². The largest absolute Gasteiger partial charge is 0.455 e. The number of ether oxygens (including phenoxy) is 2. The summed E-state index contributed by atoms with van der Waals surface area (Å²) >= 11 is 0. The van der Waals surface area contributed by atoms with Crippen LogP contribution < -0.4 is 15.2 Å². The zero-order chi connectivity index (χ0) is 25.5. The lowest BCUT2D eigenvalue weighted by molar-refractivity contribution is 0.0214. The van der Waals surface area contributed by atoms with Gasteiger partial charge in [0.05, 0.1) is 12.3 Å². The van der Waals surface area contributed by atoms with E-state index in [1.54, 1.807) is 6.92 Å². The molecule has 4 N–H and O–H groups in total. The monoisotopic (exact) mass is 485 g/mol. The van der Waals surface area contributed by atoms with Gasteiger partial charge in [-0.1, -0.05) is 60.7 Å². The number of aromatic amines is 1. The number of imidazole rings is 1. The summed E-state index contributed by atoms with van der Waals surface area (Å²) in [4.78, 5) is 18.6. The maximum Gasteiger partial charge on any atom is 0.266 e. The lowest BCUT2D eigenvalue weighted by atomic mass is 9.94. The van der Waals surface area contributed by atoms with E-state index >= 15 is 0 Å². The number of aryl methyl sites for hydroxylation is 1. The Morgan fingerprint density at radius 2 is 1.61 bits per heavy atom. The first kappa shape index (κ1) is 25.0. The van der Waals surface area contributed by atoms with Crippen molar-refractivity contribution in [2.75, 3.05) is 0 Å². The molecule has 3 aromatic carbocycles. The molecule has 1 heterocycles. The van der Waals surface area contributed by atoms with Gasteiger partial charge in [0, 0.05) is 12.8 Å². The van der Waals surface area contributed by atoms with Crippen LogP contribution in [0.25, 0.3) is 11.1 Å². The second kappa shape index (κ2) is 11.6. The number of para-hydroxylation sites is 1. The Hall–Kier alpha value is -4.10. The number of carbonyl (C=O) groups excluding carboxylic acids is 1. The molecular weight excluding hydrogens is 454 g/mol. The molecule has 1 aromatic heterocycles. The first-order chi connectivity index (χ1) is 17.4. The van der Waals surface area contributed by atoms with E-state index in [1.165, 1.54) is 6.20 Å². The maximum atomic E-state index is 11.4. The number of aromatic nitrogens is 2. The summed E-state index contributed by atoms with van der Waals surface area (Å²) in [5.41, 5.74) is 8.80. The molecule has 186 valence electrons. The van der Waals surface area contributed by atoms with Crippen molar-refractivity contribution in [1.82, 2.24) is 9.97 Å². The zero-order valence-corrected chi connectivity index (χ0v) is 20.4. The van der Waals surface area contributed by atoms with Crippen molar-refractivity contribution in [2.24, 2.45) is 5.73 Å². The van der Waals surface area contributed by atoms with Crippen LogP contribution in [0.3, 0.4) is 0 Å². The number of hydrogen-bond donors (Lipinski definition) is 3. The third-order valence-corrected chi connectivity index (χ3v) is 6.05. The Morgan fingerprint density at radius 1 is 0.944 bits per heavy atom. The third-order valence-electron chi connectivity index (χ3n) is 6.05. The summed E-state index contributed by atoms with van der Waals surface area (Å²) in [7, 11) is 0. The number of rotatable bonds is 11. The van der Waals surface area contributed by atoms with Crippen LogP contribution in [0.15, 0.2) is 85.1 Å². The minimum absolute atomic E-state index is 0.224. The lowest BCUT2D eigenvalue weighted by Crippen LogP contribution is -2.21. The number of aliphatic hydroxyl groups is 1. The fourth-order valence-electron chi connectivity index (χ4n) is 4.14. The minimum Gasteiger partial charge on any atom is -0.455 e. The van der Waals surface area contributed by atoms with Gasteiger partial charge < -0.3 is 25.3 Å². The van der Waals surface area contributed by atoms with Crippen LogP contribution in [-0.2, 0) is 6.42 Å². The summed E-state index contributed by atoms with van der Waals surface area (Å²) in [6, 6.07) is 25.9. The van der Waals surface area contributed by atoms with Crippen molar-refractivity contribution in [3.8, 4) is 22.6 Å². The molecule has 0 spiro atoms. The SMILES string of the molecule is CC(Oc1ccc(-c2ccccc2)cc1)Oc1ccccc1CC[C@H](c1ncc(C(N)=O)[nH]1)[C@H](C)O. The predicted molar refractivity (Wildman–Crippen MR) is 139 cm³/mol. The second-order valence-electron chi connectivity index (χ2n) is 8.73. The Balaban J connectivity index is 1.39. The maximum absolute atomic E-state index is 11.4. The average molecular weight is 486 g/mol. The summed E-state index contributed by atoms with van der Waals surface area (Å²) in [6.07, 6.45) is 1.46. The van der Waals surface area contributed by atoms with Crippen LogP contribution in [0.5, 0.6) is 11.5 Å². The molecule has 0 saturated carbocycles. The minimum atomic E-state index is -0.661. The highest BCUT2D eigenvalue weighted by Crippen LogP contribution is 2.28. The van der Waals surface area contributed by atoms with Crippen molar-refractivity contribution in [3.05, 3.63) is 102 Å². The third kappa shape index (κ3) is 6.31. The Morgan fingerprint density at radius 3 is 2.28 bits per heavy atom. The number of carbonyl (C=O) groups is 1. The molecule has 7 heteroatoms. The van der Waals surface area contributed by atoms with Gasteiger partial charge >= 0.3 is 0 Å². The molecule has 0 radical (unpaired) electrons. The van der Waals surface area contributed by atoms with Crippen molar-refractivity contribution >= 4 is 5.91 Å². The molecule has 0 fully saturated rings. The molecular formula is C29H31N3O4. The molecule has 4 aromatic rings. The summed E-state index contributed by atoms with van der Waals surface area (Å²) < 4.78 is 12.1. The van der Waals surface area contributed by atoms with Gasteiger partial charge in [-0.3, -0.25) is 4.79 Å². The van der Waals surface area contributed by atoms with E-state index in [0.29, 0.717) is 24.4 Å². The number of benzene rings is 3. The van der Waals surface area contributed by atoms with E-state index < -0.39 is 18.3 Å². The first-order valence-electron chi connectivity index (χ1n) is 12.0. The number of amides is 1. The Bertz CT molecular complexity index is 1270. The van der Waals surface area contributed by atoms with Crippen LogP contribution in [0.1, 0.15) is 48.1 Å². The fourth-order valence-corrected chi connectivity index (χ4v) is 4.14. The lowest BCUT2D eigenvalue weighted by Gasteiger charge is -2.21. The number of nitrogens with two attached hydrogens (primary N) is 1. The number of primary amides is 1. The summed E-state index contributed by atoms with van der Waals surface area (Å²) in [5.74, 6) is 1.10. The number of hydrogen-bond acceptors (Lipinski definition) is 5. The zero-order valence-electron chi connectivity index (χ0n) is 20.4. The molecule has 0 bridgehead atoms. The predicted octanol–water partition coefficient (Wildman–Crippen LogP) is 5.08. The second-order valence-corrected chi connectivity index (χ2v) is 8.73. The van der Waals surface area contributed by atoms with Gasteiger partial charge in [0.2, 0.25) is 6.29 Å². The number of nitrogens with zero attached hydrogens (tertiary/aromatic N) is 1. The van der Waals surface area contributed by atoms with Gasteiger partial charge in [0.25, 0.3) is 5.91 Å². The molecule has 3 atom stereocenters.